The molecule has 19 heavy (non-hydrogen) atoms. The summed E-state index contributed by atoms with van der Waals surface area (Å²) < 4.78 is 5.66. The van der Waals surface area contributed by atoms with Gasteiger partial charge in [0.1, 0.15) is 6.10 Å². The molecule has 1 N–H and O–H groups in total. The van der Waals surface area contributed by atoms with Crippen LogP contribution in [-0.4, -0.2) is 36.5 Å². The summed E-state index contributed by atoms with van der Waals surface area (Å²) in [7, 11) is 0. The fraction of sp³-hybridized carbons (Fsp3) is 0.625. The predicted molar refractivity (Wildman–Crippen MR) is 78.8 cm³/mol. The lowest BCUT2D eigenvalue weighted by Gasteiger charge is -2.39. The molecule has 0 unspecified atom stereocenters. The van der Waals surface area contributed by atoms with Gasteiger partial charge in [0.05, 0.1) is 12.2 Å². The number of hydrogen-bond donors (Lipinski definition) is 1. The molecule has 1 saturated heterocycles. The van der Waals surface area contributed by atoms with Crippen molar-refractivity contribution >= 4 is 5.69 Å². The number of benzene rings is 1. The van der Waals surface area contributed by atoms with Crippen LogP contribution in [0.5, 0.6) is 0 Å². The van der Waals surface area contributed by atoms with E-state index in [2.05, 4.69) is 43.0 Å². The van der Waals surface area contributed by atoms with Gasteiger partial charge >= 0.3 is 0 Å². The monoisotopic (exact) mass is 263 g/mol. The summed E-state index contributed by atoms with van der Waals surface area (Å²) in [6.45, 7) is 10.3. The molecule has 0 amide bonds. The largest absolute Gasteiger partial charge is 0.388 e. The lowest BCUT2D eigenvalue weighted by Crippen LogP contribution is -2.52. The molecule has 1 heterocycles. The van der Waals surface area contributed by atoms with E-state index in [1.807, 2.05) is 13.8 Å². The van der Waals surface area contributed by atoms with E-state index in [-0.39, 0.29) is 6.10 Å². The smallest absolute Gasteiger partial charge is 0.103 e. The molecule has 3 heteroatoms. The van der Waals surface area contributed by atoms with Crippen molar-refractivity contribution in [1.29, 1.82) is 0 Å². The Balaban J connectivity index is 2.09. The predicted octanol–water partition coefficient (Wildman–Crippen LogP) is 2.79. The van der Waals surface area contributed by atoms with Gasteiger partial charge in [-0.3, -0.25) is 0 Å². The molecule has 3 nitrogen and oxygen atoms in total. The summed E-state index contributed by atoms with van der Waals surface area (Å²) in [5.41, 5.74) is 1.77. The zero-order valence-electron chi connectivity index (χ0n) is 12.4. The minimum Gasteiger partial charge on any atom is -0.388 e. The van der Waals surface area contributed by atoms with Crippen molar-refractivity contribution in [3.05, 3.63) is 29.8 Å². The van der Waals surface area contributed by atoms with Gasteiger partial charge in [0.25, 0.3) is 0 Å². The van der Waals surface area contributed by atoms with Crippen LogP contribution in [0.25, 0.3) is 0 Å². The third-order valence-corrected chi connectivity index (χ3v) is 3.78. The van der Waals surface area contributed by atoms with Crippen molar-refractivity contribution in [2.75, 3.05) is 24.6 Å². The number of rotatable bonds is 3. The number of aliphatic hydroxyl groups is 1. The molecule has 0 spiro atoms. The summed E-state index contributed by atoms with van der Waals surface area (Å²) >= 11 is 0. The van der Waals surface area contributed by atoms with Crippen LogP contribution in [0, 0.1) is 0 Å². The molecule has 1 aliphatic heterocycles. The van der Waals surface area contributed by atoms with Crippen LogP contribution in [0.15, 0.2) is 24.3 Å². The Bertz CT molecular complexity index is 406. The number of anilines is 1. The molecule has 1 aromatic carbocycles. The topological polar surface area (TPSA) is 32.7 Å². The normalized spacial score (nSPS) is 20.9. The number of ether oxygens (including phenoxy) is 1. The fourth-order valence-corrected chi connectivity index (χ4v) is 2.38. The molecular weight excluding hydrogens is 238 g/mol. The van der Waals surface area contributed by atoms with Gasteiger partial charge in [0.2, 0.25) is 0 Å². The Morgan fingerprint density at radius 3 is 2.42 bits per heavy atom. The maximum Gasteiger partial charge on any atom is 0.103 e. The molecule has 1 atom stereocenters. The molecule has 0 radical (unpaired) electrons. The minimum absolute atomic E-state index is 0.133. The van der Waals surface area contributed by atoms with Crippen LogP contribution in [0.3, 0.4) is 0 Å². The highest BCUT2D eigenvalue weighted by Gasteiger charge is 2.32. The van der Waals surface area contributed by atoms with Crippen LogP contribution in [0.4, 0.5) is 5.69 Å². The summed E-state index contributed by atoms with van der Waals surface area (Å²) in [6, 6.07) is 8.72. The number of hydrogen-bond acceptors (Lipinski definition) is 3. The Kier molecular flexibility index (Phi) is 4.16. The average molecular weight is 263 g/mol. The quantitative estimate of drug-likeness (QED) is 0.910. The highest BCUT2D eigenvalue weighted by atomic mass is 16.5. The van der Waals surface area contributed by atoms with Gasteiger partial charge in [0, 0.05) is 18.8 Å². The maximum atomic E-state index is 10.1. The van der Waals surface area contributed by atoms with E-state index in [9.17, 15) is 5.11 Å². The molecule has 2 rings (SSSR count). The lowest BCUT2D eigenvalue weighted by molar-refractivity contribution is -0.0927. The molecule has 106 valence electrons. The highest BCUT2D eigenvalue weighted by molar-refractivity contribution is 5.48. The Morgan fingerprint density at radius 1 is 1.26 bits per heavy atom. The van der Waals surface area contributed by atoms with E-state index in [0.717, 1.165) is 13.1 Å². The van der Waals surface area contributed by atoms with Crippen molar-refractivity contribution in [3.63, 3.8) is 0 Å². The van der Waals surface area contributed by atoms with Gasteiger partial charge in [-0.1, -0.05) is 26.0 Å². The third-order valence-electron chi connectivity index (χ3n) is 3.78. The van der Waals surface area contributed by atoms with Crippen molar-refractivity contribution < 1.29 is 9.84 Å². The highest BCUT2D eigenvalue weighted by Crippen LogP contribution is 2.24. The van der Waals surface area contributed by atoms with Crippen molar-refractivity contribution in [2.24, 2.45) is 0 Å². The zero-order chi connectivity index (χ0) is 14.0. The van der Waals surface area contributed by atoms with Crippen molar-refractivity contribution in [2.45, 2.75) is 45.3 Å². The summed E-state index contributed by atoms with van der Waals surface area (Å²) in [6.07, 6.45) is -0.133. The van der Waals surface area contributed by atoms with Gasteiger partial charge in [-0.05, 0) is 37.5 Å². The third kappa shape index (κ3) is 3.48. The minimum atomic E-state index is -0.795. The van der Waals surface area contributed by atoms with Gasteiger partial charge in [-0.2, -0.15) is 0 Å². The zero-order valence-corrected chi connectivity index (χ0v) is 12.4. The van der Waals surface area contributed by atoms with E-state index in [1.54, 1.807) is 0 Å². The first-order valence-corrected chi connectivity index (χ1v) is 7.07. The first kappa shape index (κ1) is 14.4. The summed E-state index contributed by atoms with van der Waals surface area (Å²) in [5.74, 6) is 0.558. The molecule has 0 aromatic heterocycles. The van der Waals surface area contributed by atoms with E-state index in [1.165, 1.54) is 11.3 Å². The Morgan fingerprint density at radius 2 is 1.89 bits per heavy atom. The van der Waals surface area contributed by atoms with E-state index in [0.29, 0.717) is 12.5 Å². The van der Waals surface area contributed by atoms with Crippen LogP contribution in [0.1, 0.15) is 39.2 Å². The van der Waals surface area contributed by atoms with Gasteiger partial charge in [-0.15, -0.1) is 0 Å². The van der Waals surface area contributed by atoms with E-state index >= 15 is 0 Å². The first-order chi connectivity index (χ1) is 8.88. The fourth-order valence-electron chi connectivity index (χ4n) is 2.38. The van der Waals surface area contributed by atoms with Crippen molar-refractivity contribution in [1.82, 2.24) is 0 Å². The molecule has 0 bridgehead atoms. The van der Waals surface area contributed by atoms with Crippen LogP contribution in [0.2, 0.25) is 0 Å². The molecule has 1 aliphatic rings. The second-order valence-corrected chi connectivity index (χ2v) is 6.21. The van der Waals surface area contributed by atoms with Crippen LogP contribution < -0.4 is 4.90 Å². The first-order valence-electron chi connectivity index (χ1n) is 7.07. The molecule has 1 aromatic rings. The van der Waals surface area contributed by atoms with Gasteiger partial charge < -0.3 is 14.7 Å². The molecule has 0 aliphatic carbocycles. The molecular formula is C16H25NO2. The summed E-state index contributed by atoms with van der Waals surface area (Å²) in [5, 5.41) is 10.1. The molecule has 1 fully saturated rings. The van der Waals surface area contributed by atoms with E-state index in [4.69, 9.17) is 4.74 Å². The van der Waals surface area contributed by atoms with Crippen LogP contribution >= 0.6 is 0 Å². The second-order valence-electron chi connectivity index (χ2n) is 6.21. The van der Waals surface area contributed by atoms with Crippen molar-refractivity contribution in [3.8, 4) is 0 Å². The Labute approximate surface area is 116 Å². The standard InChI is InChI=1S/C16H25NO2/c1-12(2)13-5-7-14(8-6-13)17-9-10-19-15(11-17)16(3,4)18/h5-8,12,15,18H,9-11H2,1-4H3/t15-/m0/s1. The average Bonchev–Trinajstić information content (AvgIpc) is 2.38. The van der Waals surface area contributed by atoms with Gasteiger partial charge in [-0.25, -0.2) is 0 Å². The van der Waals surface area contributed by atoms with E-state index < -0.39 is 5.60 Å². The lowest BCUT2D eigenvalue weighted by atomic mass is 9.99. The second kappa shape index (κ2) is 5.51. The number of morpholine rings is 1. The Hall–Kier alpha value is -1.06. The maximum absolute atomic E-state index is 10.1. The molecule has 0 saturated carbocycles. The number of nitrogens with zero attached hydrogens (tertiary/aromatic N) is 1. The SMILES string of the molecule is CC(C)c1ccc(N2CCO[C@H](C(C)(C)O)C2)cc1. The summed E-state index contributed by atoms with van der Waals surface area (Å²) in [4.78, 5) is 2.29. The van der Waals surface area contributed by atoms with Crippen LogP contribution in [-0.2, 0) is 4.74 Å². The van der Waals surface area contributed by atoms with Gasteiger partial charge in [0.15, 0.2) is 0 Å².